The van der Waals surface area contributed by atoms with Crippen molar-refractivity contribution in [2.24, 2.45) is 0 Å². The van der Waals surface area contributed by atoms with Gasteiger partial charge in [-0.05, 0) is 30.7 Å². The average Bonchev–Trinajstić information content (AvgIpc) is 2.62. The topological polar surface area (TPSA) is 145 Å². The zero-order valence-electron chi connectivity index (χ0n) is 15.5. The molecule has 0 unspecified atom stereocenters. The Hall–Kier alpha value is -2.42. The standard InChI is InChI=1S/C17H20O8.C2H6/c1-9(18)17(24)7-13(21)16(23)14(8-17)25-15(22)5-3-10-2-4-11(19)12(20)6-10;1-2/h2-6,13-14,16,19-21,23-24H,7-8H2,1H3;1-2H3/b5-3+;/t13-,14-,16-,17+;/m1./s1. The van der Waals surface area contributed by atoms with Gasteiger partial charge in [0.25, 0.3) is 0 Å². The lowest BCUT2D eigenvalue weighted by molar-refractivity contribution is -0.185. The largest absolute Gasteiger partial charge is 0.504 e. The van der Waals surface area contributed by atoms with E-state index in [0.29, 0.717) is 5.56 Å². The quantitative estimate of drug-likeness (QED) is 0.293. The summed E-state index contributed by atoms with van der Waals surface area (Å²) in [7, 11) is 0. The number of aromatic hydroxyl groups is 2. The monoisotopic (exact) mass is 382 g/mol. The highest BCUT2D eigenvalue weighted by atomic mass is 16.6. The van der Waals surface area contributed by atoms with Gasteiger partial charge in [-0.25, -0.2) is 4.79 Å². The number of hydrogen-bond acceptors (Lipinski definition) is 8. The molecule has 0 heterocycles. The molecule has 1 aromatic carbocycles. The molecule has 0 aliphatic heterocycles. The number of aliphatic hydroxyl groups is 3. The van der Waals surface area contributed by atoms with Crippen molar-refractivity contribution in [2.75, 3.05) is 0 Å². The van der Waals surface area contributed by atoms with E-state index in [1.807, 2.05) is 13.8 Å². The van der Waals surface area contributed by atoms with E-state index in [9.17, 15) is 35.1 Å². The van der Waals surface area contributed by atoms with Crippen LogP contribution in [0.25, 0.3) is 6.08 Å². The number of phenols is 2. The molecular formula is C19H26O8. The van der Waals surface area contributed by atoms with Crippen LogP contribution in [0.15, 0.2) is 24.3 Å². The van der Waals surface area contributed by atoms with Crippen molar-refractivity contribution in [3.8, 4) is 11.5 Å². The number of aliphatic hydroxyl groups excluding tert-OH is 2. The van der Waals surface area contributed by atoms with E-state index in [0.717, 1.165) is 13.0 Å². The van der Waals surface area contributed by atoms with Gasteiger partial charge in [0, 0.05) is 18.9 Å². The summed E-state index contributed by atoms with van der Waals surface area (Å²) in [5.74, 6) is -2.11. The number of rotatable bonds is 4. The fourth-order valence-corrected chi connectivity index (χ4v) is 2.65. The van der Waals surface area contributed by atoms with Crippen molar-refractivity contribution in [3.63, 3.8) is 0 Å². The van der Waals surface area contributed by atoms with Crippen LogP contribution < -0.4 is 0 Å². The SMILES string of the molecule is CC.CC(=O)[C@]1(O)C[C@@H](O)[C@@H](O)[C@H](OC(=O)/C=C/c2ccc(O)c(O)c2)C1. The molecule has 27 heavy (non-hydrogen) atoms. The Balaban J connectivity index is 0.00000176. The minimum Gasteiger partial charge on any atom is -0.504 e. The number of carbonyl (C=O) groups is 2. The van der Waals surface area contributed by atoms with E-state index in [4.69, 9.17) is 4.74 Å². The molecule has 0 radical (unpaired) electrons. The Morgan fingerprint density at radius 3 is 2.33 bits per heavy atom. The summed E-state index contributed by atoms with van der Waals surface area (Å²) in [6.45, 7) is 5.15. The van der Waals surface area contributed by atoms with Gasteiger partial charge in [0.2, 0.25) is 0 Å². The fraction of sp³-hybridized carbons (Fsp3) is 0.474. The van der Waals surface area contributed by atoms with Gasteiger partial charge in [-0.3, -0.25) is 4.79 Å². The third kappa shape index (κ3) is 5.78. The first-order chi connectivity index (χ1) is 12.6. The Kier molecular flexibility index (Phi) is 7.96. The molecule has 1 saturated carbocycles. The van der Waals surface area contributed by atoms with Gasteiger partial charge < -0.3 is 30.3 Å². The molecule has 0 spiro atoms. The Morgan fingerprint density at radius 2 is 1.78 bits per heavy atom. The molecule has 1 aliphatic carbocycles. The van der Waals surface area contributed by atoms with E-state index in [1.165, 1.54) is 24.3 Å². The predicted molar refractivity (Wildman–Crippen MR) is 96.9 cm³/mol. The van der Waals surface area contributed by atoms with Crippen LogP contribution in [0.2, 0.25) is 0 Å². The van der Waals surface area contributed by atoms with E-state index in [-0.39, 0.29) is 24.3 Å². The van der Waals surface area contributed by atoms with Crippen LogP contribution >= 0.6 is 0 Å². The van der Waals surface area contributed by atoms with E-state index < -0.39 is 35.7 Å². The highest BCUT2D eigenvalue weighted by molar-refractivity contribution is 5.88. The number of ether oxygens (including phenoxy) is 1. The van der Waals surface area contributed by atoms with Crippen LogP contribution in [-0.2, 0) is 14.3 Å². The van der Waals surface area contributed by atoms with Gasteiger partial charge in [-0.15, -0.1) is 0 Å². The summed E-state index contributed by atoms with van der Waals surface area (Å²) in [5, 5.41) is 48.5. The summed E-state index contributed by atoms with van der Waals surface area (Å²) in [6, 6.07) is 3.92. The minimum absolute atomic E-state index is 0.303. The maximum Gasteiger partial charge on any atom is 0.331 e. The van der Waals surface area contributed by atoms with Crippen molar-refractivity contribution in [1.29, 1.82) is 0 Å². The highest BCUT2D eigenvalue weighted by Crippen LogP contribution is 2.32. The molecule has 1 aliphatic rings. The maximum absolute atomic E-state index is 11.9. The molecule has 5 N–H and O–H groups in total. The van der Waals surface area contributed by atoms with Crippen LogP contribution in [0.3, 0.4) is 0 Å². The van der Waals surface area contributed by atoms with Crippen LogP contribution in [0.5, 0.6) is 11.5 Å². The van der Waals surface area contributed by atoms with Gasteiger partial charge in [-0.2, -0.15) is 0 Å². The smallest absolute Gasteiger partial charge is 0.331 e. The molecule has 0 saturated heterocycles. The van der Waals surface area contributed by atoms with E-state index >= 15 is 0 Å². The lowest BCUT2D eigenvalue weighted by Gasteiger charge is -2.40. The van der Waals surface area contributed by atoms with E-state index in [1.54, 1.807) is 0 Å². The van der Waals surface area contributed by atoms with Crippen LogP contribution in [0.1, 0.15) is 39.2 Å². The van der Waals surface area contributed by atoms with Gasteiger partial charge in [0.05, 0.1) is 6.10 Å². The number of hydrogen-bond donors (Lipinski definition) is 5. The molecule has 8 heteroatoms. The number of ketones is 1. The molecule has 0 aromatic heterocycles. The maximum atomic E-state index is 11.9. The summed E-state index contributed by atoms with van der Waals surface area (Å²) in [5.41, 5.74) is -1.45. The number of phenolic OH excluding ortho intramolecular Hbond substituents is 2. The summed E-state index contributed by atoms with van der Waals surface area (Å²) in [4.78, 5) is 23.4. The normalized spacial score (nSPS) is 27.6. The van der Waals surface area contributed by atoms with Gasteiger partial charge in [0.15, 0.2) is 17.3 Å². The van der Waals surface area contributed by atoms with Crippen molar-refractivity contribution in [2.45, 2.75) is 57.5 Å². The van der Waals surface area contributed by atoms with Crippen molar-refractivity contribution in [3.05, 3.63) is 29.8 Å². The Bertz CT molecular complexity index is 699. The fourth-order valence-electron chi connectivity index (χ4n) is 2.65. The lowest BCUT2D eigenvalue weighted by atomic mass is 9.77. The molecule has 2 rings (SSSR count). The number of Topliss-reactive ketones (excluding diaryl/α,β-unsaturated/α-hetero) is 1. The van der Waals surface area contributed by atoms with Crippen LogP contribution in [0.4, 0.5) is 0 Å². The zero-order valence-corrected chi connectivity index (χ0v) is 15.5. The Labute approximate surface area is 157 Å². The third-order valence-corrected chi connectivity index (χ3v) is 4.20. The molecule has 1 fully saturated rings. The van der Waals surface area contributed by atoms with Crippen LogP contribution in [0, 0.1) is 0 Å². The molecule has 4 atom stereocenters. The summed E-state index contributed by atoms with van der Waals surface area (Å²) in [6.07, 6.45) is -2.40. The number of esters is 1. The Morgan fingerprint density at radius 1 is 1.15 bits per heavy atom. The van der Waals surface area contributed by atoms with E-state index in [2.05, 4.69) is 0 Å². The van der Waals surface area contributed by atoms with Crippen molar-refractivity contribution >= 4 is 17.8 Å². The average molecular weight is 382 g/mol. The van der Waals surface area contributed by atoms with Gasteiger partial charge in [-0.1, -0.05) is 19.9 Å². The molecular weight excluding hydrogens is 356 g/mol. The second kappa shape index (κ2) is 9.50. The molecule has 0 bridgehead atoms. The first-order valence-electron chi connectivity index (χ1n) is 8.62. The van der Waals surface area contributed by atoms with Gasteiger partial charge >= 0.3 is 5.97 Å². The summed E-state index contributed by atoms with van der Waals surface area (Å²) >= 11 is 0. The number of benzene rings is 1. The first-order valence-corrected chi connectivity index (χ1v) is 8.62. The van der Waals surface area contributed by atoms with Crippen molar-refractivity contribution < 1.29 is 39.9 Å². The second-order valence-corrected chi connectivity index (χ2v) is 6.11. The lowest BCUT2D eigenvalue weighted by Crippen LogP contribution is -2.56. The summed E-state index contributed by atoms with van der Waals surface area (Å²) < 4.78 is 5.04. The molecule has 0 amide bonds. The molecule has 8 nitrogen and oxygen atoms in total. The second-order valence-electron chi connectivity index (χ2n) is 6.11. The van der Waals surface area contributed by atoms with Crippen molar-refractivity contribution in [1.82, 2.24) is 0 Å². The molecule has 150 valence electrons. The first kappa shape index (κ1) is 22.6. The zero-order chi connectivity index (χ0) is 20.8. The predicted octanol–water partition coefficient (Wildman–Crippen LogP) is 0.885. The highest BCUT2D eigenvalue weighted by Gasteiger charge is 2.48. The third-order valence-electron chi connectivity index (χ3n) is 4.20. The minimum atomic E-state index is -1.87. The number of carbonyl (C=O) groups excluding carboxylic acids is 2. The van der Waals surface area contributed by atoms with Gasteiger partial charge in [0.1, 0.15) is 17.8 Å². The van der Waals surface area contributed by atoms with Crippen LogP contribution in [-0.4, -0.2) is 61.2 Å². The molecule has 1 aromatic rings.